The largest absolute Gasteiger partial charge is 0.417 e. The molecule has 2 aromatic carbocycles. The van der Waals surface area contributed by atoms with Gasteiger partial charge in [0.25, 0.3) is 0 Å². The molecular weight excluding hydrogens is 329 g/mol. The number of hydrogen-bond donors (Lipinski definition) is 2. The van der Waals surface area contributed by atoms with E-state index in [0.717, 1.165) is 6.07 Å². The number of nitrogens with one attached hydrogen (secondary N) is 2. The molecule has 0 aromatic heterocycles. The molecule has 0 bridgehead atoms. The molecule has 23 heavy (non-hydrogen) atoms. The van der Waals surface area contributed by atoms with Crippen LogP contribution in [0, 0.1) is 0 Å². The van der Waals surface area contributed by atoms with Crippen LogP contribution in [0.15, 0.2) is 42.5 Å². The Kier molecular flexibility index (Phi) is 5.15. The van der Waals surface area contributed by atoms with Crippen molar-refractivity contribution >= 4 is 34.6 Å². The van der Waals surface area contributed by atoms with Gasteiger partial charge in [-0.15, -0.1) is 0 Å². The standard InChI is InChI=1S/C16H14ClF3N2O/c1-2-15(23)22-11-5-3-10(4-6-11)21-12-7-8-14(17)13(9-12)16(18,19)20/h3-9,21H,2H2,1H3,(H,22,23). The molecule has 122 valence electrons. The molecule has 0 aliphatic rings. The second kappa shape index (κ2) is 6.91. The van der Waals surface area contributed by atoms with Crippen LogP contribution in [0.2, 0.25) is 5.02 Å². The molecule has 0 aliphatic heterocycles. The van der Waals surface area contributed by atoms with Gasteiger partial charge in [0.15, 0.2) is 0 Å². The Hall–Kier alpha value is -2.21. The Labute approximate surface area is 136 Å². The minimum Gasteiger partial charge on any atom is -0.356 e. The van der Waals surface area contributed by atoms with Crippen molar-refractivity contribution < 1.29 is 18.0 Å². The highest BCUT2D eigenvalue weighted by molar-refractivity contribution is 6.31. The Bertz CT molecular complexity index is 699. The van der Waals surface area contributed by atoms with Crippen LogP contribution >= 0.6 is 11.6 Å². The van der Waals surface area contributed by atoms with Crippen LogP contribution in [0.25, 0.3) is 0 Å². The van der Waals surface area contributed by atoms with E-state index < -0.39 is 11.7 Å². The Balaban J connectivity index is 2.15. The number of benzene rings is 2. The molecule has 0 saturated heterocycles. The van der Waals surface area contributed by atoms with Crippen LogP contribution in [0.3, 0.4) is 0 Å². The second-order valence-corrected chi connectivity index (χ2v) is 5.20. The zero-order valence-electron chi connectivity index (χ0n) is 12.2. The lowest BCUT2D eigenvalue weighted by Gasteiger charge is -2.13. The first-order valence-electron chi connectivity index (χ1n) is 6.83. The van der Waals surface area contributed by atoms with Crippen molar-refractivity contribution in [2.75, 3.05) is 10.6 Å². The minimum absolute atomic E-state index is 0.113. The lowest BCUT2D eigenvalue weighted by molar-refractivity contribution is -0.137. The van der Waals surface area contributed by atoms with E-state index in [1.54, 1.807) is 31.2 Å². The topological polar surface area (TPSA) is 41.1 Å². The number of halogens is 4. The van der Waals surface area contributed by atoms with Crippen molar-refractivity contribution in [3.63, 3.8) is 0 Å². The summed E-state index contributed by atoms with van der Waals surface area (Å²) < 4.78 is 38.5. The highest BCUT2D eigenvalue weighted by Crippen LogP contribution is 2.36. The first-order valence-corrected chi connectivity index (χ1v) is 7.21. The van der Waals surface area contributed by atoms with Gasteiger partial charge in [0.05, 0.1) is 10.6 Å². The van der Waals surface area contributed by atoms with Crippen LogP contribution in [-0.2, 0) is 11.0 Å². The Morgan fingerprint density at radius 1 is 1.04 bits per heavy atom. The Morgan fingerprint density at radius 3 is 2.17 bits per heavy atom. The van der Waals surface area contributed by atoms with Gasteiger partial charge in [0.1, 0.15) is 0 Å². The fraction of sp³-hybridized carbons (Fsp3) is 0.188. The molecule has 0 spiro atoms. The van der Waals surface area contributed by atoms with Crippen LogP contribution in [0.1, 0.15) is 18.9 Å². The van der Waals surface area contributed by atoms with E-state index in [1.165, 1.54) is 12.1 Å². The predicted molar refractivity (Wildman–Crippen MR) is 85.1 cm³/mol. The second-order valence-electron chi connectivity index (χ2n) is 4.80. The number of alkyl halides is 3. The number of rotatable bonds is 4. The van der Waals surface area contributed by atoms with Gasteiger partial charge in [-0.3, -0.25) is 4.79 Å². The van der Waals surface area contributed by atoms with E-state index in [-0.39, 0.29) is 16.6 Å². The molecule has 2 aromatic rings. The quantitative estimate of drug-likeness (QED) is 0.775. The maximum absolute atomic E-state index is 12.8. The molecule has 0 aliphatic carbocycles. The molecule has 0 saturated carbocycles. The number of hydrogen-bond acceptors (Lipinski definition) is 2. The first kappa shape index (κ1) is 17.1. The van der Waals surface area contributed by atoms with Gasteiger partial charge >= 0.3 is 6.18 Å². The summed E-state index contributed by atoms with van der Waals surface area (Å²) in [5.41, 5.74) is 0.590. The molecule has 0 radical (unpaired) electrons. The fourth-order valence-corrected chi connectivity index (χ4v) is 2.10. The zero-order chi connectivity index (χ0) is 17.0. The van der Waals surface area contributed by atoms with Gasteiger partial charge in [-0.25, -0.2) is 0 Å². The third-order valence-corrected chi connectivity index (χ3v) is 3.38. The number of carbonyl (C=O) groups is 1. The summed E-state index contributed by atoms with van der Waals surface area (Å²) >= 11 is 5.58. The van der Waals surface area contributed by atoms with E-state index in [2.05, 4.69) is 10.6 Å². The van der Waals surface area contributed by atoms with Gasteiger partial charge in [-0.05, 0) is 42.5 Å². The smallest absolute Gasteiger partial charge is 0.356 e. The molecule has 2 N–H and O–H groups in total. The van der Waals surface area contributed by atoms with Gasteiger partial charge in [-0.1, -0.05) is 18.5 Å². The lowest BCUT2D eigenvalue weighted by Crippen LogP contribution is -2.09. The molecule has 7 heteroatoms. The summed E-state index contributed by atoms with van der Waals surface area (Å²) in [7, 11) is 0. The van der Waals surface area contributed by atoms with E-state index in [4.69, 9.17) is 11.6 Å². The fourth-order valence-electron chi connectivity index (χ4n) is 1.87. The Morgan fingerprint density at radius 2 is 1.61 bits per heavy atom. The van der Waals surface area contributed by atoms with Crippen LogP contribution in [0.5, 0.6) is 0 Å². The third kappa shape index (κ3) is 4.63. The average Bonchev–Trinajstić information content (AvgIpc) is 2.50. The van der Waals surface area contributed by atoms with Crippen LogP contribution in [0.4, 0.5) is 30.2 Å². The van der Waals surface area contributed by atoms with E-state index in [9.17, 15) is 18.0 Å². The molecule has 0 unspecified atom stereocenters. The van der Waals surface area contributed by atoms with E-state index in [1.807, 2.05) is 0 Å². The van der Waals surface area contributed by atoms with Gasteiger partial charge in [0, 0.05) is 23.5 Å². The summed E-state index contributed by atoms with van der Waals surface area (Å²) in [6.07, 6.45) is -4.14. The van der Waals surface area contributed by atoms with Gasteiger partial charge in [0.2, 0.25) is 5.91 Å². The van der Waals surface area contributed by atoms with Crippen molar-refractivity contribution in [1.29, 1.82) is 0 Å². The van der Waals surface area contributed by atoms with Crippen molar-refractivity contribution in [3.8, 4) is 0 Å². The number of carbonyl (C=O) groups excluding carboxylic acids is 1. The summed E-state index contributed by atoms with van der Waals surface area (Å²) in [5, 5.41) is 5.21. The molecular formula is C16H14ClF3N2O. The molecule has 1 amide bonds. The molecule has 0 fully saturated rings. The molecule has 0 heterocycles. The van der Waals surface area contributed by atoms with E-state index in [0.29, 0.717) is 17.8 Å². The van der Waals surface area contributed by atoms with E-state index >= 15 is 0 Å². The van der Waals surface area contributed by atoms with Crippen molar-refractivity contribution in [1.82, 2.24) is 0 Å². The van der Waals surface area contributed by atoms with Crippen LogP contribution < -0.4 is 10.6 Å². The monoisotopic (exact) mass is 342 g/mol. The van der Waals surface area contributed by atoms with Crippen LogP contribution in [-0.4, -0.2) is 5.91 Å². The van der Waals surface area contributed by atoms with Gasteiger partial charge < -0.3 is 10.6 Å². The maximum Gasteiger partial charge on any atom is 0.417 e. The van der Waals surface area contributed by atoms with Crippen molar-refractivity contribution in [3.05, 3.63) is 53.1 Å². The summed E-state index contributed by atoms with van der Waals surface area (Å²) in [5.74, 6) is -0.113. The van der Waals surface area contributed by atoms with Crippen molar-refractivity contribution in [2.24, 2.45) is 0 Å². The molecule has 3 nitrogen and oxygen atoms in total. The minimum atomic E-state index is -4.51. The average molecular weight is 343 g/mol. The highest BCUT2D eigenvalue weighted by Gasteiger charge is 2.33. The summed E-state index contributed by atoms with van der Waals surface area (Å²) in [4.78, 5) is 11.3. The summed E-state index contributed by atoms with van der Waals surface area (Å²) in [6, 6.07) is 10.3. The summed E-state index contributed by atoms with van der Waals surface area (Å²) in [6.45, 7) is 1.74. The highest BCUT2D eigenvalue weighted by atomic mass is 35.5. The molecule has 2 rings (SSSR count). The predicted octanol–water partition coefficient (Wildman–Crippen LogP) is 5.45. The van der Waals surface area contributed by atoms with Gasteiger partial charge in [-0.2, -0.15) is 13.2 Å². The zero-order valence-corrected chi connectivity index (χ0v) is 12.9. The first-order chi connectivity index (χ1) is 10.8. The van der Waals surface area contributed by atoms with Crippen molar-refractivity contribution in [2.45, 2.75) is 19.5 Å². The number of anilines is 3. The lowest BCUT2D eigenvalue weighted by atomic mass is 10.2. The molecule has 0 atom stereocenters. The SMILES string of the molecule is CCC(=O)Nc1ccc(Nc2ccc(Cl)c(C(F)(F)F)c2)cc1. The maximum atomic E-state index is 12.8. The third-order valence-electron chi connectivity index (χ3n) is 3.05. The normalized spacial score (nSPS) is 11.2. The number of amides is 1.